The molecule has 0 fully saturated rings. The zero-order chi connectivity index (χ0) is 13.1. The largest absolute Gasteiger partial charge is 0.319 e. The summed E-state index contributed by atoms with van der Waals surface area (Å²) < 4.78 is 0. The van der Waals surface area contributed by atoms with Crippen LogP contribution in [0.1, 0.15) is 21.8 Å². The standard InChI is InChI=1S/C15H20N2S/c1-10-5-6-13(11(2)9-10)15-14(7-8-16-4)17-12(3)18-15/h5-6,9,16H,7-8H2,1-4H3. The van der Waals surface area contributed by atoms with Crippen molar-refractivity contribution in [1.29, 1.82) is 0 Å². The second-order valence-corrected chi connectivity index (χ2v) is 5.88. The van der Waals surface area contributed by atoms with E-state index in [1.54, 1.807) is 11.3 Å². The third kappa shape index (κ3) is 2.79. The first-order valence-electron chi connectivity index (χ1n) is 6.30. The number of rotatable bonds is 4. The molecule has 2 rings (SSSR count). The SMILES string of the molecule is CNCCc1nc(C)sc1-c1ccc(C)cc1C. The highest BCUT2D eigenvalue weighted by molar-refractivity contribution is 7.15. The topological polar surface area (TPSA) is 24.9 Å². The molecular weight excluding hydrogens is 240 g/mol. The van der Waals surface area contributed by atoms with Gasteiger partial charge in [-0.05, 0) is 38.9 Å². The van der Waals surface area contributed by atoms with Gasteiger partial charge in [0.05, 0.1) is 15.6 Å². The predicted octanol–water partition coefficient (Wildman–Crippen LogP) is 3.50. The summed E-state index contributed by atoms with van der Waals surface area (Å²) >= 11 is 1.80. The van der Waals surface area contributed by atoms with Gasteiger partial charge in [0.1, 0.15) is 0 Å². The van der Waals surface area contributed by atoms with Crippen molar-refractivity contribution in [3.63, 3.8) is 0 Å². The smallest absolute Gasteiger partial charge is 0.0903 e. The highest BCUT2D eigenvalue weighted by Gasteiger charge is 2.12. The number of nitrogens with one attached hydrogen (secondary N) is 1. The van der Waals surface area contributed by atoms with E-state index in [0.29, 0.717) is 0 Å². The Morgan fingerprint density at radius 1 is 1.22 bits per heavy atom. The van der Waals surface area contributed by atoms with Crippen molar-refractivity contribution in [2.24, 2.45) is 0 Å². The van der Waals surface area contributed by atoms with E-state index in [0.717, 1.165) is 18.0 Å². The summed E-state index contributed by atoms with van der Waals surface area (Å²) in [6, 6.07) is 6.64. The number of aromatic nitrogens is 1. The van der Waals surface area contributed by atoms with Gasteiger partial charge in [0, 0.05) is 13.0 Å². The summed E-state index contributed by atoms with van der Waals surface area (Å²) in [7, 11) is 1.98. The average Bonchev–Trinajstić information content (AvgIpc) is 2.67. The molecule has 0 atom stereocenters. The van der Waals surface area contributed by atoms with E-state index in [1.165, 1.54) is 27.3 Å². The predicted molar refractivity (Wildman–Crippen MR) is 79.4 cm³/mol. The molecule has 1 N–H and O–H groups in total. The highest BCUT2D eigenvalue weighted by atomic mass is 32.1. The van der Waals surface area contributed by atoms with Crippen LogP contribution in [0.15, 0.2) is 18.2 Å². The molecule has 2 nitrogen and oxygen atoms in total. The minimum Gasteiger partial charge on any atom is -0.319 e. The van der Waals surface area contributed by atoms with Gasteiger partial charge in [-0.3, -0.25) is 0 Å². The molecule has 0 aliphatic rings. The second-order valence-electron chi connectivity index (χ2n) is 4.68. The quantitative estimate of drug-likeness (QED) is 0.910. The molecule has 0 unspecified atom stereocenters. The molecule has 1 heterocycles. The van der Waals surface area contributed by atoms with E-state index in [1.807, 2.05) is 7.05 Å². The lowest BCUT2D eigenvalue weighted by Crippen LogP contribution is -2.11. The Hall–Kier alpha value is -1.19. The third-order valence-electron chi connectivity index (χ3n) is 3.04. The Morgan fingerprint density at radius 3 is 2.67 bits per heavy atom. The molecule has 96 valence electrons. The molecule has 0 radical (unpaired) electrons. The van der Waals surface area contributed by atoms with E-state index >= 15 is 0 Å². The summed E-state index contributed by atoms with van der Waals surface area (Å²) in [6.07, 6.45) is 0.990. The van der Waals surface area contributed by atoms with Crippen LogP contribution in [0.3, 0.4) is 0 Å². The third-order valence-corrected chi connectivity index (χ3v) is 4.09. The number of benzene rings is 1. The molecule has 18 heavy (non-hydrogen) atoms. The second kappa shape index (κ2) is 5.63. The number of thiazole rings is 1. The molecule has 2 aromatic rings. The number of nitrogens with zero attached hydrogens (tertiary/aromatic N) is 1. The van der Waals surface area contributed by atoms with E-state index in [9.17, 15) is 0 Å². The van der Waals surface area contributed by atoms with Crippen molar-refractivity contribution in [3.05, 3.63) is 40.0 Å². The maximum atomic E-state index is 4.67. The Labute approximate surface area is 113 Å². The molecule has 0 amide bonds. The van der Waals surface area contributed by atoms with Crippen molar-refractivity contribution in [2.75, 3.05) is 13.6 Å². The van der Waals surface area contributed by atoms with Crippen molar-refractivity contribution >= 4 is 11.3 Å². The van der Waals surface area contributed by atoms with Crippen LogP contribution in [0.25, 0.3) is 10.4 Å². The molecular formula is C15H20N2S. The monoisotopic (exact) mass is 260 g/mol. The Morgan fingerprint density at radius 2 is 2.00 bits per heavy atom. The van der Waals surface area contributed by atoms with Gasteiger partial charge >= 0.3 is 0 Å². The maximum Gasteiger partial charge on any atom is 0.0903 e. The van der Waals surface area contributed by atoms with Gasteiger partial charge in [0.2, 0.25) is 0 Å². The van der Waals surface area contributed by atoms with Crippen LogP contribution in [-0.2, 0) is 6.42 Å². The van der Waals surface area contributed by atoms with Crippen molar-refractivity contribution < 1.29 is 0 Å². The highest BCUT2D eigenvalue weighted by Crippen LogP contribution is 2.33. The molecule has 0 aliphatic carbocycles. The van der Waals surface area contributed by atoms with Crippen molar-refractivity contribution in [1.82, 2.24) is 10.3 Å². The lowest BCUT2D eigenvalue weighted by Gasteiger charge is -2.07. The number of aryl methyl sites for hydroxylation is 3. The Kier molecular flexibility index (Phi) is 4.15. The van der Waals surface area contributed by atoms with Crippen molar-refractivity contribution in [2.45, 2.75) is 27.2 Å². The number of hydrogen-bond acceptors (Lipinski definition) is 3. The summed E-state index contributed by atoms with van der Waals surface area (Å²) in [4.78, 5) is 6.00. The van der Waals surface area contributed by atoms with Crippen LogP contribution in [-0.4, -0.2) is 18.6 Å². The van der Waals surface area contributed by atoms with Crippen LogP contribution in [0.2, 0.25) is 0 Å². The van der Waals surface area contributed by atoms with E-state index in [4.69, 9.17) is 0 Å². The Bertz CT molecular complexity index is 543. The van der Waals surface area contributed by atoms with Gasteiger partial charge in [0.15, 0.2) is 0 Å². The maximum absolute atomic E-state index is 4.67. The minimum atomic E-state index is 0.973. The molecule has 0 bridgehead atoms. The molecule has 0 saturated heterocycles. The van der Waals surface area contributed by atoms with Gasteiger partial charge in [-0.1, -0.05) is 23.8 Å². The summed E-state index contributed by atoms with van der Waals surface area (Å²) in [6.45, 7) is 7.37. The first-order valence-corrected chi connectivity index (χ1v) is 7.12. The number of likely N-dealkylation sites (N-methyl/N-ethyl adjacent to an activating group) is 1. The van der Waals surface area contributed by atoms with Gasteiger partial charge in [-0.25, -0.2) is 4.98 Å². The lowest BCUT2D eigenvalue weighted by molar-refractivity contribution is 0.779. The van der Waals surface area contributed by atoms with E-state index in [-0.39, 0.29) is 0 Å². The summed E-state index contributed by atoms with van der Waals surface area (Å²) in [5.41, 5.74) is 5.20. The van der Waals surface area contributed by atoms with Crippen LogP contribution < -0.4 is 5.32 Å². The zero-order valence-corrected chi connectivity index (χ0v) is 12.3. The van der Waals surface area contributed by atoms with Gasteiger partial charge in [-0.15, -0.1) is 11.3 Å². The molecule has 0 saturated carbocycles. The Balaban J connectivity index is 2.42. The van der Waals surface area contributed by atoms with Crippen molar-refractivity contribution in [3.8, 4) is 10.4 Å². The first-order chi connectivity index (χ1) is 8.61. The van der Waals surface area contributed by atoms with E-state index < -0.39 is 0 Å². The van der Waals surface area contributed by atoms with Gasteiger partial charge in [-0.2, -0.15) is 0 Å². The van der Waals surface area contributed by atoms with Crippen LogP contribution >= 0.6 is 11.3 Å². The average molecular weight is 260 g/mol. The van der Waals surface area contributed by atoms with Gasteiger partial charge < -0.3 is 5.32 Å². The normalized spacial score (nSPS) is 10.9. The molecule has 1 aromatic heterocycles. The fourth-order valence-electron chi connectivity index (χ4n) is 2.16. The molecule has 0 spiro atoms. The van der Waals surface area contributed by atoms with Crippen LogP contribution in [0, 0.1) is 20.8 Å². The number of hydrogen-bond donors (Lipinski definition) is 1. The molecule has 3 heteroatoms. The fourth-order valence-corrected chi connectivity index (χ4v) is 3.22. The lowest BCUT2D eigenvalue weighted by atomic mass is 10.0. The molecule has 0 aliphatic heterocycles. The first kappa shape index (κ1) is 13.2. The van der Waals surface area contributed by atoms with Crippen LogP contribution in [0.5, 0.6) is 0 Å². The summed E-state index contributed by atoms with van der Waals surface area (Å²) in [5.74, 6) is 0. The van der Waals surface area contributed by atoms with E-state index in [2.05, 4.69) is 49.3 Å². The zero-order valence-electron chi connectivity index (χ0n) is 11.5. The summed E-state index contributed by atoms with van der Waals surface area (Å²) in [5, 5.41) is 4.34. The molecule has 1 aromatic carbocycles. The van der Waals surface area contributed by atoms with Crippen LogP contribution in [0.4, 0.5) is 0 Å². The minimum absolute atomic E-state index is 0.973. The van der Waals surface area contributed by atoms with Gasteiger partial charge in [0.25, 0.3) is 0 Å². The fraction of sp³-hybridized carbons (Fsp3) is 0.400.